The van der Waals surface area contributed by atoms with Crippen LogP contribution in [0.15, 0.2) is 53.0 Å². The van der Waals surface area contributed by atoms with Crippen LogP contribution in [0.2, 0.25) is 5.02 Å². The molecule has 2 rings (SSSR count). The average molecular weight is 324 g/mol. The fourth-order valence-electron chi connectivity index (χ4n) is 1.77. The third-order valence-electron chi connectivity index (χ3n) is 2.60. The number of hydrogen-bond acceptors (Lipinski definition) is 1. The molecule has 0 saturated heterocycles. The van der Waals surface area contributed by atoms with E-state index in [0.29, 0.717) is 17.9 Å². The van der Waals surface area contributed by atoms with Gasteiger partial charge in [-0.15, -0.1) is 0 Å². The van der Waals surface area contributed by atoms with Crippen LogP contribution in [0.25, 0.3) is 0 Å². The van der Waals surface area contributed by atoms with Crippen molar-refractivity contribution in [1.29, 1.82) is 0 Å². The molecule has 0 aliphatic heterocycles. The van der Waals surface area contributed by atoms with E-state index in [1.165, 1.54) is 0 Å². The molecule has 0 radical (unpaired) electrons. The van der Waals surface area contributed by atoms with Crippen molar-refractivity contribution in [3.8, 4) is 0 Å². The van der Waals surface area contributed by atoms with Crippen molar-refractivity contribution in [2.24, 2.45) is 0 Å². The number of Topliss-reactive ketones (excluding diaryl/α,β-unsaturated/α-hetero) is 1. The Morgan fingerprint density at radius 2 is 1.67 bits per heavy atom. The van der Waals surface area contributed by atoms with E-state index in [1.54, 1.807) is 0 Å². The summed E-state index contributed by atoms with van der Waals surface area (Å²) in [6.45, 7) is 0. The molecule has 0 N–H and O–H groups in total. The lowest BCUT2D eigenvalue weighted by molar-refractivity contribution is -0.117. The van der Waals surface area contributed by atoms with E-state index >= 15 is 0 Å². The predicted octanol–water partition coefficient (Wildman–Crippen LogP) is 4.46. The van der Waals surface area contributed by atoms with Gasteiger partial charge < -0.3 is 0 Å². The minimum absolute atomic E-state index is 0.204. The van der Waals surface area contributed by atoms with E-state index in [0.717, 1.165) is 15.6 Å². The van der Waals surface area contributed by atoms with Crippen LogP contribution in [-0.2, 0) is 17.6 Å². The first-order chi connectivity index (χ1) is 8.63. The largest absolute Gasteiger partial charge is 0.299 e. The molecule has 0 saturated carbocycles. The normalized spacial score (nSPS) is 10.3. The molecular weight excluding hydrogens is 312 g/mol. The average Bonchev–Trinajstić information content (AvgIpc) is 2.32. The van der Waals surface area contributed by atoms with Gasteiger partial charge in [0.15, 0.2) is 0 Å². The lowest BCUT2D eigenvalue weighted by Crippen LogP contribution is -2.06. The first-order valence-electron chi connectivity index (χ1n) is 5.64. The Bertz CT molecular complexity index is 549. The highest BCUT2D eigenvalue weighted by Gasteiger charge is 2.05. The summed E-state index contributed by atoms with van der Waals surface area (Å²) >= 11 is 9.21. The standard InChI is InChI=1S/C15H12BrClO/c16-13-3-1-2-12(8-13)10-15(18)9-11-4-6-14(17)7-5-11/h1-8H,9-10H2. The minimum atomic E-state index is 0.204. The second-order valence-corrected chi connectivity index (χ2v) is 5.50. The maximum atomic E-state index is 11.9. The van der Waals surface area contributed by atoms with Gasteiger partial charge in [0.25, 0.3) is 0 Å². The van der Waals surface area contributed by atoms with Crippen molar-refractivity contribution in [1.82, 2.24) is 0 Å². The van der Waals surface area contributed by atoms with Crippen LogP contribution < -0.4 is 0 Å². The summed E-state index contributed by atoms with van der Waals surface area (Å²) in [5.74, 6) is 0.204. The van der Waals surface area contributed by atoms with Crippen LogP contribution in [0, 0.1) is 0 Å². The second-order valence-electron chi connectivity index (χ2n) is 4.15. The van der Waals surface area contributed by atoms with E-state index in [1.807, 2.05) is 48.5 Å². The first kappa shape index (κ1) is 13.3. The summed E-state index contributed by atoms with van der Waals surface area (Å²) in [4.78, 5) is 11.9. The monoisotopic (exact) mass is 322 g/mol. The quantitative estimate of drug-likeness (QED) is 0.812. The van der Waals surface area contributed by atoms with E-state index in [4.69, 9.17) is 11.6 Å². The van der Waals surface area contributed by atoms with Crippen molar-refractivity contribution < 1.29 is 4.79 Å². The maximum Gasteiger partial charge on any atom is 0.141 e. The van der Waals surface area contributed by atoms with E-state index < -0.39 is 0 Å². The van der Waals surface area contributed by atoms with Gasteiger partial charge in [-0.05, 0) is 35.4 Å². The molecular formula is C15H12BrClO. The molecule has 0 unspecified atom stereocenters. The van der Waals surface area contributed by atoms with E-state index in [-0.39, 0.29) is 5.78 Å². The number of hydrogen-bond donors (Lipinski definition) is 0. The van der Waals surface area contributed by atoms with Crippen LogP contribution in [0.3, 0.4) is 0 Å². The number of carbonyl (C=O) groups excluding carboxylic acids is 1. The van der Waals surface area contributed by atoms with Crippen molar-refractivity contribution in [2.45, 2.75) is 12.8 Å². The summed E-state index contributed by atoms with van der Waals surface area (Å²) < 4.78 is 0.999. The van der Waals surface area contributed by atoms with Crippen LogP contribution >= 0.6 is 27.5 Å². The molecule has 0 heterocycles. The van der Waals surface area contributed by atoms with Gasteiger partial charge in [0, 0.05) is 22.3 Å². The third-order valence-corrected chi connectivity index (χ3v) is 3.35. The van der Waals surface area contributed by atoms with Gasteiger partial charge in [-0.1, -0.05) is 51.8 Å². The van der Waals surface area contributed by atoms with Crippen LogP contribution in [0.5, 0.6) is 0 Å². The van der Waals surface area contributed by atoms with Gasteiger partial charge in [0.1, 0.15) is 5.78 Å². The van der Waals surface area contributed by atoms with Crippen molar-refractivity contribution in [2.75, 3.05) is 0 Å². The molecule has 0 fully saturated rings. The molecule has 3 heteroatoms. The zero-order chi connectivity index (χ0) is 13.0. The molecule has 2 aromatic carbocycles. The Morgan fingerprint density at radius 1 is 1.00 bits per heavy atom. The lowest BCUT2D eigenvalue weighted by atomic mass is 10.0. The molecule has 92 valence electrons. The number of ketones is 1. The Hall–Kier alpha value is -1.12. The summed E-state index contributed by atoms with van der Waals surface area (Å²) in [5.41, 5.74) is 2.03. The number of benzene rings is 2. The van der Waals surface area contributed by atoms with Gasteiger partial charge >= 0.3 is 0 Å². The topological polar surface area (TPSA) is 17.1 Å². The Labute approximate surface area is 120 Å². The number of carbonyl (C=O) groups is 1. The van der Waals surface area contributed by atoms with Crippen LogP contribution in [0.1, 0.15) is 11.1 Å². The van der Waals surface area contributed by atoms with Gasteiger partial charge in [0.2, 0.25) is 0 Å². The maximum absolute atomic E-state index is 11.9. The fourth-order valence-corrected chi connectivity index (χ4v) is 2.34. The number of halogens is 2. The molecule has 0 aliphatic rings. The highest BCUT2D eigenvalue weighted by molar-refractivity contribution is 9.10. The molecule has 2 aromatic rings. The molecule has 0 amide bonds. The molecule has 0 aromatic heterocycles. The van der Waals surface area contributed by atoms with Crippen LogP contribution in [-0.4, -0.2) is 5.78 Å². The molecule has 0 spiro atoms. The summed E-state index contributed by atoms with van der Waals surface area (Å²) in [7, 11) is 0. The molecule has 0 aliphatic carbocycles. The summed E-state index contributed by atoms with van der Waals surface area (Å²) in [5, 5.41) is 0.693. The molecule has 0 atom stereocenters. The highest BCUT2D eigenvalue weighted by Crippen LogP contribution is 2.14. The van der Waals surface area contributed by atoms with Crippen molar-refractivity contribution in [3.63, 3.8) is 0 Å². The van der Waals surface area contributed by atoms with Gasteiger partial charge in [-0.2, -0.15) is 0 Å². The van der Waals surface area contributed by atoms with Gasteiger partial charge in [-0.3, -0.25) is 4.79 Å². The first-order valence-corrected chi connectivity index (χ1v) is 6.81. The third kappa shape index (κ3) is 3.97. The Balaban J connectivity index is 1.98. The lowest BCUT2D eigenvalue weighted by Gasteiger charge is -2.03. The highest BCUT2D eigenvalue weighted by atomic mass is 79.9. The van der Waals surface area contributed by atoms with Crippen LogP contribution in [0.4, 0.5) is 0 Å². The smallest absolute Gasteiger partial charge is 0.141 e. The predicted molar refractivity (Wildman–Crippen MR) is 78.0 cm³/mol. The summed E-state index contributed by atoms with van der Waals surface area (Å²) in [6, 6.07) is 15.2. The molecule has 0 bridgehead atoms. The van der Waals surface area contributed by atoms with Gasteiger partial charge in [-0.25, -0.2) is 0 Å². The van der Waals surface area contributed by atoms with E-state index in [2.05, 4.69) is 15.9 Å². The van der Waals surface area contributed by atoms with E-state index in [9.17, 15) is 4.79 Å². The fraction of sp³-hybridized carbons (Fsp3) is 0.133. The Morgan fingerprint density at radius 3 is 2.33 bits per heavy atom. The SMILES string of the molecule is O=C(Cc1ccc(Cl)cc1)Cc1cccc(Br)c1. The van der Waals surface area contributed by atoms with Crippen molar-refractivity contribution >= 4 is 33.3 Å². The second kappa shape index (κ2) is 6.17. The summed E-state index contributed by atoms with van der Waals surface area (Å²) in [6.07, 6.45) is 0.908. The van der Waals surface area contributed by atoms with Crippen molar-refractivity contribution in [3.05, 3.63) is 69.2 Å². The zero-order valence-electron chi connectivity index (χ0n) is 9.70. The molecule has 18 heavy (non-hydrogen) atoms. The van der Waals surface area contributed by atoms with Gasteiger partial charge in [0.05, 0.1) is 0 Å². The Kier molecular flexibility index (Phi) is 4.56. The number of rotatable bonds is 4. The molecule has 1 nitrogen and oxygen atoms in total. The zero-order valence-corrected chi connectivity index (χ0v) is 12.0. The minimum Gasteiger partial charge on any atom is -0.299 e.